The summed E-state index contributed by atoms with van der Waals surface area (Å²) in [4.78, 5) is 17.0. The average molecular weight is 327 g/mol. The number of hydrazine groups is 1. The largest absolute Gasteiger partial charge is 0.340 e. The first kappa shape index (κ1) is 16.9. The van der Waals surface area contributed by atoms with Gasteiger partial charge in [0.1, 0.15) is 6.04 Å². The van der Waals surface area contributed by atoms with Crippen LogP contribution in [0.1, 0.15) is 30.9 Å². The van der Waals surface area contributed by atoms with Gasteiger partial charge in [-0.05, 0) is 37.5 Å². The van der Waals surface area contributed by atoms with E-state index in [1.807, 2.05) is 29.2 Å². The van der Waals surface area contributed by atoms with Gasteiger partial charge in [-0.15, -0.1) is 0 Å². The third-order valence-corrected chi connectivity index (χ3v) is 4.78. The van der Waals surface area contributed by atoms with Crippen molar-refractivity contribution < 1.29 is 4.79 Å². The molecule has 0 spiro atoms. The summed E-state index contributed by atoms with van der Waals surface area (Å²) in [5, 5.41) is 8.87. The average Bonchev–Trinajstić information content (AvgIpc) is 2.90. The Labute approximate surface area is 143 Å². The minimum atomic E-state index is -0.0925. The van der Waals surface area contributed by atoms with Gasteiger partial charge >= 0.3 is 0 Å². The highest BCUT2D eigenvalue weighted by Crippen LogP contribution is 2.13. The molecule has 1 aromatic rings. The lowest BCUT2D eigenvalue weighted by molar-refractivity contribution is -0.133. The summed E-state index contributed by atoms with van der Waals surface area (Å²) in [5.41, 5.74) is 8.13. The molecule has 2 aliphatic heterocycles. The van der Waals surface area contributed by atoms with Crippen molar-refractivity contribution in [1.82, 2.24) is 20.7 Å². The zero-order valence-corrected chi connectivity index (χ0v) is 14.2. The van der Waals surface area contributed by atoms with Crippen LogP contribution in [0.25, 0.3) is 0 Å². The van der Waals surface area contributed by atoms with Gasteiger partial charge in [0.25, 0.3) is 0 Å². The fourth-order valence-electron chi connectivity index (χ4n) is 3.39. The highest BCUT2D eigenvalue weighted by molar-refractivity contribution is 5.82. The van der Waals surface area contributed by atoms with Crippen LogP contribution in [0.2, 0.25) is 0 Å². The molecule has 0 aromatic heterocycles. The molecule has 0 saturated carbocycles. The molecule has 0 aliphatic carbocycles. The quantitative estimate of drug-likeness (QED) is 0.861. The molecule has 2 fully saturated rings. The Morgan fingerprint density at radius 1 is 1.21 bits per heavy atom. The van der Waals surface area contributed by atoms with Crippen LogP contribution in [0, 0.1) is 11.3 Å². The highest BCUT2D eigenvalue weighted by Gasteiger charge is 2.31. The SMILES string of the molecule is CC1CC(C(=O)N2CCCN(Cc3ccc(C#N)cc3)CC2)NN1. The molecule has 24 heavy (non-hydrogen) atoms. The zero-order valence-electron chi connectivity index (χ0n) is 14.2. The van der Waals surface area contributed by atoms with E-state index in [9.17, 15) is 4.79 Å². The number of hydrogen-bond acceptors (Lipinski definition) is 5. The molecule has 2 atom stereocenters. The molecule has 6 nitrogen and oxygen atoms in total. The molecular formula is C18H25N5O. The van der Waals surface area contributed by atoms with E-state index in [-0.39, 0.29) is 11.9 Å². The van der Waals surface area contributed by atoms with Crippen molar-refractivity contribution in [1.29, 1.82) is 5.26 Å². The number of nitrogens with zero attached hydrogens (tertiary/aromatic N) is 3. The van der Waals surface area contributed by atoms with Gasteiger partial charge in [0.2, 0.25) is 5.91 Å². The number of carbonyl (C=O) groups excluding carboxylic acids is 1. The van der Waals surface area contributed by atoms with Crippen LogP contribution < -0.4 is 10.9 Å². The molecule has 0 bridgehead atoms. The number of rotatable bonds is 3. The Morgan fingerprint density at radius 3 is 2.67 bits per heavy atom. The number of nitrogens with one attached hydrogen (secondary N) is 2. The molecule has 0 radical (unpaired) electrons. The van der Waals surface area contributed by atoms with Crippen LogP contribution in [0.3, 0.4) is 0 Å². The van der Waals surface area contributed by atoms with E-state index >= 15 is 0 Å². The van der Waals surface area contributed by atoms with Crippen LogP contribution in [-0.2, 0) is 11.3 Å². The van der Waals surface area contributed by atoms with Crippen LogP contribution in [0.4, 0.5) is 0 Å². The first-order valence-corrected chi connectivity index (χ1v) is 8.67. The normalized spacial score (nSPS) is 25.2. The maximum Gasteiger partial charge on any atom is 0.241 e. The molecule has 2 N–H and O–H groups in total. The van der Waals surface area contributed by atoms with Gasteiger partial charge in [0.05, 0.1) is 11.6 Å². The van der Waals surface area contributed by atoms with Gasteiger partial charge in [-0.2, -0.15) is 5.26 Å². The number of hydrogen-bond donors (Lipinski definition) is 2. The minimum Gasteiger partial charge on any atom is -0.340 e. The van der Waals surface area contributed by atoms with Gasteiger partial charge in [-0.1, -0.05) is 12.1 Å². The standard InChI is InChI=1S/C18H25N5O/c1-14-11-17(21-20-14)18(24)23-8-2-7-22(9-10-23)13-16-5-3-15(12-19)4-6-16/h3-6,14,17,20-21H,2,7-11,13H2,1H3. The zero-order chi connectivity index (χ0) is 16.9. The van der Waals surface area contributed by atoms with Gasteiger partial charge < -0.3 is 4.90 Å². The molecule has 2 aliphatic rings. The lowest BCUT2D eigenvalue weighted by atomic mass is 10.1. The van der Waals surface area contributed by atoms with E-state index in [2.05, 4.69) is 28.7 Å². The first-order chi connectivity index (χ1) is 11.7. The van der Waals surface area contributed by atoms with E-state index in [0.29, 0.717) is 11.6 Å². The van der Waals surface area contributed by atoms with E-state index in [4.69, 9.17) is 5.26 Å². The van der Waals surface area contributed by atoms with Gasteiger partial charge in [-0.3, -0.25) is 15.1 Å². The molecule has 3 rings (SSSR count). The van der Waals surface area contributed by atoms with Crippen LogP contribution in [0.15, 0.2) is 24.3 Å². The van der Waals surface area contributed by atoms with Crippen molar-refractivity contribution in [3.8, 4) is 6.07 Å². The smallest absolute Gasteiger partial charge is 0.241 e. The van der Waals surface area contributed by atoms with E-state index in [1.165, 1.54) is 5.56 Å². The van der Waals surface area contributed by atoms with E-state index < -0.39 is 0 Å². The monoisotopic (exact) mass is 327 g/mol. The summed E-state index contributed by atoms with van der Waals surface area (Å²) in [6.07, 6.45) is 1.85. The van der Waals surface area contributed by atoms with Gasteiger partial charge in [0, 0.05) is 38.8 Å². The van der Waals surface area contributed by atoms with Crippen LogP contribution >= 0.6 is 0 Å². The summed E-state index contributed by atoms with van der Waals surface area (Å²) in [5.74, 6) is 0.215. The lowest BCUT2D eigenvalue weighted by Gasteiger charge is -2.24. The van der Waals surface area contributed by atoms with Crippen molar-refractivity contribution in [3.05, 3.63) is 35.4 Å². The Balaban J connectivity index is 1.53. The third kappa shape index (κ3) is 4.12. The van der Waals surface area contributed by atoms with Crippen LogP contribution in [-0.4, -0.2) is 54.0 Å². The van der Waals surface area contributed by atoms with Crippen molar-refractivity contribution in [2.45, 2.75) is 38.4 Å². The number of amides is 1. The van der Waals surface area contributed by atoms with Crippen molar-refractivity contribution in [3.63, 3.8) is 0 Å². The lowest BCUT2D eigenvalue weighted by Crippen LogP contribution is -2.46. The summed E-state index contributed by atoms with van der Waals surface area (Å²) in [6, 6.07) is 10.2. The van der Waals surface area contributed by atoms with E-state index in [1.54, 1.807) is 0 Å². The Bertz CT molecular complexity index is 609. The first-order valence-electron chi connectivity index (χ1n) is 8.67. The maximum atomic E-state index is 12.6. The second-order valence-electron chi connectivity index (χ2n) is 6.74. The fourth-order valence-corrected chi connectivity index (χ4v) is 3.39. The minimum absolute atomic E-state index is 0.0925. The molecule has 2 saturated heterocycles. The van der Waals surface area contributed by atoms with Crippen LogP contribution in [0.5, 0.6) is 0 Å². The predicted molar refractivity (Wildman–Crippen MR) is 91.8 cm³/mol. The maximum absolute atomic E-state index is 12.6. The fraction of sp³-hybridized carbons (Fsp3) is 0.556. The molecule has 2 unspecified atom stereocenters. The predicted octanol–water partition coefficient (Wildman–Crippen LogP) is 0.848. The van der Waals surface area contributed by atoms with Gasteiger partial charge in [-0.25, -0.2) is 5.43 Å². The molecule has 128 valence electrons. The van der Waals surface area contributed by atoms with Crippen molar-refractivity contribution in [2.24, 2.45) is 0 Å². The second kappa shape index (κ2) is 7.75. The molecule has 2 heterocycles. The number of benzene rings is 1. The molecule has 1 amide bonds. The third-order valence-electron chi connectivity index (χ3n) is 4.78. The second-order valence-corrected chi connectivity index (χ2v) is 6.74. The summed E-state index contributed by atoms with van der Waals surface area (Å²) < 4.78 is 0. The van der Waals surface area contributed by atoms with Gasteiger partial charge in [0.15, 0.2) is 0 Å². The molecule has 1 aromatic carbocycles. The summed E-state index contributed by atoms with van der Waals surface area (Å²) in [7, 11) is 0. The van der Waals surface area contributed by atoms with Crippen molar-refractivity contribution >= 4 is 5.91 Å². The van der Waals surface area contributed by atoms with E-state index in [0.717, 1.165) is 45.6 Å². The summed E-state index contributed by atoms with van der Waals surface area (Å²) in [6.45, 7) is 6.45. The topological polar surface area (TPSA) is 71.4 Å². The molecular weight excluding hydrogens is 302 g/mol. The highest BCUT2D eigenvalue weighted by atomic mass is 16.2. The summed E-state index contributed by atoms with van der Waals surface area (Å²) >= 11 is 0. The Kier molecular flexibility index (Phi) is 5.46. The molecule has 6 heteroatoms. The Morgan fingerprint density at radius 2 is 2.00 bits per heavy atom. The number of nitriles is 1. The number of carbonyl (C=O) groups is 1. The van der Waals surface area contributed by atoms with Crippen molar-refractivity contribution in [2.75, 3.05) is 26.2 Å². The Hall–Kier alpha value is -1.94.